The van der Waals surface area contributed by atoms with Gasteiger partial charge in [-0.05, 0) is 49.1 Å². The first kappa shape index (κ1) is 21.5. The molecule has 0 bridgehead atoms. The van der Waals surface area contributed by atoms with E-state index in [0.717, 1.165) is 6.42 Å². The number of anilines is 2. The molecule has 3 N–H and O–H groups in total. The molecule has 1 saturated heterocycles. The largest absolute Gasteiger partial charge is 0.368 e. The first-order chi connectivity index (χ1) is 14.4. The van der Waals surface area contributed by atoms with E-state index in [1.807, 2.05) is 13.8 Å². The minimum atomic E-state index is -0.446. The fourth-order valence-electron chi connectivity index (χ4n) is 3.12. The Hall–Kier alpha value is -3.19. The van der Waals surface area contributed by atoms with Gasteiger partial charge in [-0.25, -0.2) is 0 Å². The molecule has 0 saturated carbocycles. The van der Waals surface area contributed by atoms with Gasteiger partial charge in [0.05, 0.1) is 11.3 Å². The van der Waals surface area contributed by atoms with Gasteiger partial charge in [0.25, 0.3) is 17.7 Å². The van der Waals surface area contributed by atoms with Crippen molar-refractivity contribution in [2.24, 2.45) is 5.92 Å². The normalized spacial score (nSPS) is 15.6. The van der Waals surface area contributed by atoms with Crippen LogP contribution in [0.4, 0.5) is 11.4 Å². The molecule has 3 rings (SSSR count). The summed E-state index contributed by atoms with van der Waals surface area (Å²) >= 11 is 0. The SMILES string of the molecule is CC(C)CNC(=O)c1ccccc1NC(=O)c1cccc(NC(=O)C2CCCO2)c1. The van der Waals surface area contributed by atoms with Crippen molar-refractivity contribution in [3.8, 4) is 0 Å². The Balaban J connectivity index is 1.69. The third-order valence-corrected chi connectivity index (χ3v) is 4.71. The van der Waals surface area contributed by atoms with Crippen LogP contribution in [0.25, 0.3) is 0 Å². The van der Waals surface area contributed by atoms with Crippen LogP contribution in [0.2, 0.25) is 0 Å². The van der Waals surface area contributed by atoms with Crippen LogP contribution < -0.4 is 16.0 Å². The van der Waals surface area contributed by atoms with E-state index < -0.39 is 6.10 Å². The Morgan fingerprint density at radius 2 is 1.83 bits per heavy atom. The summed E-state index contributed by atoms with van der Waals surface area (Å²) in [6.07, 6.45) is 1.12. The number of benzene rings is 2. The average molecular weight is 409 g/mol. The summed E-state index contributed by atoms with van der Waals surface area (Å²) in [4.78, 5) is 37.5. The summed E-state index contributed by atoms with van der Waals surface area (Å²) in [7, 11) is 0. The Kier molecular flexibility index (Phi) is 7.19. The zero-order valence-corrected chi connectivity index (χ0v) is 17.2. The summed E-state index contributed by atoms with van der Waals surface area (Å²) in [5.41, 5.74) is 1.72. The van der Waals surface area contributed by atoms with E-state index in [4.69, 9.17) is 4.74 Å². The minimum absolute atomic E-state index is 0.211. The number of amides is 3. The zero-order valence-electron chi connectivity index (χ0n) is 17.2. The van der Waals surface area contributed by atoms with E-state index in [9.17, 15) is 14.4 Å². The molecular formula is C23H27N3O4. The van der Waals surface area contributed by atoms with Crippen LogP contribution in [0, 0.1) is 5.92 Å². The predicted octanol–water partition coefficient (Wildman–Crippen LogP) is 3.44. The number of rotatable bonds is 7. The molecule has 3 amide bonds. The van der Waals surface area contributed by atoms with Gasteiger partial charge in [0.2, 0.25) is 0 Å². The molecule has 2 aromatic carbocycles. The highest BCUT2D eigenvalue weighted by Crippen LogP contribution is 2.19. The third kappa shape index (κ3) is 5.67. The Morgan fingerprint density at radius 1 is 1.03 bits per heavy atom. The van der Waals surface area contributed by atoms with Crippen molar-refractivity contribution >= 4 is 29.1 Å². The average Bonchev–Trinajstić information content (AvgIpc) is 3.27. The molecule has 158 valence electrons. The van der Waals surface area contributed by atoms with Crippen LogP contribution in [0.15, 0.2) is 48.5 Å². The molecule has 0 aliphatic carbocycles. The van der Waals surface area contributed by atoms with E-state index >= 15 is 0 Å². The van der Waals surface area contributed by atoms with Crippen LogP contribution in [0.5, 0.6) is 0 Å². The number of carbonyl (C=O) groups is 3. The maximum absolute atomic E-state index is 12.8. The third-order valence-electron chi connectivity index (χ3n) is 4.71. The molecule has 1 fully saturated rings. The molecular weight excluding hydrogens is 382 g/mol. The van der Waals surface area contributed by atoms with E-state index in [-0.39, 0.29) is 17.7 Å². The molecule has 7 heteroatoms. The molecule has 30 heavy (non-hydrogen) atoms. The summed E-state index contributed by atoms with van der Waals surface area (Å²) in [5.74, 6) is -0.495. The second kappa shape index (κ2) is 10.0. The standard InChI is InChI=1S/C23H27N3O4/c1-15(2)14-24-22(28)18-9-3-4-10-19(18)26-21(27)16-7-5-8-17(13-16)25-23(29)20-11-6-12-30-20/h3-5,7-10,13,15,20H,6,11-12,14H2,1-2H3,(H,24,28)(H,25,29)(H,26,27). The summed E-state index contributed by atoms with van der Waals surface area (Å²) in [6, 6.07) is 13.5. The molecule has 1 heterocycles. The highest BCUT2D eigenvalue weighted by Gasteiger charge is 2.23. The van der Waals surface area contributed by atoms with E-state index in [1.165, 1.54) is 0 Å². The Bertz CT molecular complexity index is 920. The highest BCUT2D eigenvalue weighted by atomic mass is 16.5. The molecule has 1 unspecified atom stereocenters. The maximum atomic E-state index is 12.8. The number of para-hydroxylation sites is 1. The van der Waals surface area contributed by atoms with Crippen LogP contribution >= 0.6 is 0 Å². The smallest absolute Gasteiger partial charge is 0.255 e. The Morgan fingerprint density at radius 3 is 2.57 bits per heavy atom. The first-order valence-electron chi connectivity index (χ1n) is 10.1. The lowest BCUT2D eigenvalue weighted by Crippen LogP contribution is -2.28. The molecule has 7 nitrogen and oxygen atoms in total. The summed E-state index contributed by atoms with van der Waals surface area (Å²) in [5, 5.41) is 8.45. The summed E-state index contributed by atoms with van der Waals surface area (Å²) in [6.45, 7) is 5.16. The van der Waals surface area contributed by atoms with Crippen LogP contribution in [-0.2, 0) is 9.53 Å². The number of nitrogens with one attached hydrogen (secondary N) is 3. The van der Waals surface area contributed by atoms with Gasteiger partial charge < -0.3 is 20.7 Å². The van der Waals surface area contributed by atoms with Crippen molar-refractivity contribution in [2.75, 3.05) is 23.8 Å². The van der Waals surface area contributed by atoms with Gasteiger partial charge >= 0.3 is 0 Å². The molecule has 1 aliphatic rings. The number of carbonyl (C=O) groups excluding carboxylic acids is 3. The fourth-order valence-corrected chi connectivity index (χ4v) is 3.12. The van der Waals surface area contributed by atoms with Gasteiger partial charge in [-0.1, -0.05) is 32.0 Å². The van der Waals surface area contributed by atoms with Crippen molar-refractivity contribution in [3.05, 3.63) is 59.7 Å². The summed E-state index contributed by atoms with van der Waals surface area (Å²) < 4.78 is 5.38. The molecule has 2 aromatic rings. The monoisotopic (exact) mass is 409 g/mol. The van der Waals surface area contributed by atoms with Gasteiger partial charge in [-0.3, -0.25) is 14.4 Å². The van der Waals surface area contributed by atoms with E-state index in [1.54, 1.807) is 48.5 Å². The van der Waals surface area contributed by atoms with Crippen molar-refractivity contribution in [2.45, 2.75) is 32.8 Å². The maximum Gasteiger partial charge on any atom is 0.255 e. The van der Waals surface area contributed by atoms with Gasteiger partial charge in [0.1, 0.15) is 6.10 Å². The Labute approximate surface area is 176 Å². The van der Waals surface area contributed by atoms with Crippen molar-refractivity contribution < 1.29 is 19.1 Å². The second-order valence-electron chi connectivity index (χ2n) is 7.68. The van der Waals surface area contributed by atoms with Crippen molar-refractivity contribution in [1.82, 2.24) is 5.32 Å². The molecule has 0 spiro atoms. The lowest BCUT2D eigenvalue weighted by atomic mass is 10.1. The molecule has 1 aliphatic heterocycles. The topological polar surface area (TPSA) is 96.5 Å². The van der Waals surface area contributed by atoms with Crippen LogP contribution in [0.1, 0.15) is 47.4 Å². The first-order valence-corrected chi connectivity index (χ1v) is 10.1. The fraction of sp³-hybridized carbons (Fsp3) is 0.348. The van der Waals surface area contributed by atoms with Crippen LogP contribution in [-0.4, -0.2) is 37.0 Å². The lowest BCUT2D eigenvalue weighted by Gasteiger charge is -2.13. The van der Waals surface area contributed by atoms with Crippen molar-refractivity contribution in [3.63, 3.8) is 0 Å². The van der Waals surface area contributed by atoms with Gasteiger partial charge in [0.15, 0.2) is 0 Å². The number of ether oxygens (including phenoxy) is 1. The van der Waals surface area contributed by atoms with E-state index in [2.05, 4.69) is 16.0 Å². The van der Waals surface area contributed by atoms with Gasteiger partial charge in [0, 0.05) is 24.4 Å². The lowest BCUT2D eigenvalue weighted by molar-refractivity contribution is -0.124. The molecule has 0 aromatic heterocycles. The quantitative estimate of drug-likeness (QED) is 0.653. The van der Waals surface area contributed by atoms with Gasteiger partial charge in [-0.2, -0.15) is 0 Å². The minimum Gasteiger partial charge on any atom is -0.368 e. The zero-order chi connectivity index (χ0) is 21.5. The van der Waals surface area contributed by atoms with Crippen LogP contribution in [0.3, 0.4) is 0 Å². The predicted molar refractivity (Wildman–Crippen MR) is 116 cm³/mol. The van der Waals surface area contributed by atoms with E-state index in [0.29, 0.717) is 48.0 Å². The highest BCUT2D eigenvalue weighted by molar-refractivity contribution is 6.09. The van der Waals surface area contributed by atoms with Gasteiger partial charge in [-0.15, -0.1) is 0 Å². The number of hydrogen-bond donors (Lipinski definition) is 3. The molecule has 1 atom stereocenters. The number of hydrogen-bond acceptors (Lipinski definition) is 4. The second-order valence-corrected chi connectivity index (χ2v) is 7.68. The molecule has 0 radical (unpaired) electrons. The van der Waals surface area contributed by atoms with Crippen molar-refractivity contribution in [1.29, 1.82) is 0 Å².